The van der Waals surface area contributed by atoms with Gasteiger partial charge in [0.15, 0.2) is 0 Å². The second-order valence-corrected chi connectivity index (χ2v) is 12.8. The second kappa shape index (κ2) is 18.5. The lowest BCUT2D eigenvalue weighted by molar-refractivity contribution is -0.142. The molecule has 0 radical (unpaired) electrons. The van der Waals surface area contributed by atoms with Gasteiger partial charge in [-0.05, 0) is 69.1 Å². The third-order valence-corrected chi connectivity index (χ3v) is 10.1. The molecule has 0 bridgehead atoms. The maximum Gasteiger partial charge on any atom is 0.306 e. The Bertz CT molecular complexity index is 696. The molecule has 2 fully saturated rings. The summed E-state index contributed by atoms with van der Waals surface area (Å²) in [6.45, 7) is 4.41. The van der Waals surface area contributed by atoms with Gasteiger partial charge in [0, 0.05) is 11.3 Å². The quantitative estimate of drug-likeness (QED) is 0.0754. The molecule has 0 heterocycles. The number of allylic oxidation sites excluding steroid dienone is 2. The molecule has 38 heavy (non-hydrogen) atoms. The maximum absolute atomic E-state index is 11.7. The van der Waals surface area contributed by atoms with Crippen molar-refractivity contribution in [2.24, 2.45) is 23.2 Å². The number of carboxylic acids is 1. The number of rotatable bonds is 21. The second-order valence-electron chi connectivity index (χ2n) is 12.2. The molecular weight excluding hydrogens is 496 g/mol. The van der Waals surface area contributed by atoms with Gasteiger partial charge < -0.3 is 15.3 Å². The van der Waals surface area contributed by atoms with Gasteiger partial charge in [-0.15, -0.1) is 11.6 Å². The lowest BCUT2D eigenvalue weighted by Crippen LogP contribution is -2.40. The largest absolute Gasteiger partial charge is 0.481 e. The highest BCUT2D eigenvalue weighted by Gasteiger charge is 2.42. The van der Waals surface area contributed by atoms with Gasteiger partial charge in [0.2, 0.25) is 0 Å². The predicted octanol–water partition coefficient (Wildman–Crippen LogP) is 8.83. The fraction of sp³-hybridized carbons (Fsp3) is 0.848. The van der Waals surface area contributed by atoms with Crippen LogP contribution in [0.3, 0.4) is 0 Å². The van der Waals surface area contributed by atoms with Crippen molar-refractivity contribution in [1.82, 2.24) is 0 Å². The number of aliphatic hydroxyl groups excluding tert-OH is 2. The molecule has 0 aliphatic heterocycles. The van der Waals surface area contributed by atoms with Crippen LogP contribution in [-0.2, 0) is 4.79 Å². The van der Waals surface area contributed by atoms with Crippen LogP contribution >= 0.6 is 11.6 Å². The number of carbonyl (C=O) groups is 1. The molecule has 4 nitrogen and oxygen atoms in total. The van der Waals surface area contributed by atoms with Crippen molar-refractivity contribution < 1.29 is 20.1 Å². The van der Waals surface area contributed by atoms with Gasteiger partial charge in [-0.2, -0.15) is 0 Å². The smallest absolute Gasteiger partial charge is 0.306 e. The van der Waals surface area contributed by atoms with E-state index < -0.39 is 12.1 Å². The fourth-order valence-corrected chi connectivity index (χ4v) is 7.05. The third kappa shape index (κ3) is 11.0. The van der Waals surface area contributed by atoms with E-state index in [1.54, 1.807) is 0 Å². The third-order valence-electron chi connectivity index (χ3n) is 9.61. The van der Waals surface area contributed by atoms with E-state index in [2.05, 4.69) is 38.2 Å². The monoisotopic (exact) mass is 552 g/mol. The first kappa shape index (κ1) is 33.4. The Labute approximate surface area is 238 Å². The number of aliphatic carboxylic acids is 1. The number of halogens is 1. The lowest BCUT2D eigenvalue weighted by Gasteiger charge is -2.45. The maximum atomic E-state index is 11.7. The van der Waals surface area contributed by atoms with Gasteiger partial charge in [0.25, 0.3) is 0 Å². The standard InChI is InChI=1S/C33H57ClO4/c1-3-5-6-7-8-9-10-11-13-18-26(32(37)38)19-14-12-15-20-27-28(30(35)25-29(27)34)21-16-22-31(36)33(4-2)23-17-24-33/h12,15-16,21,26-31,35-36H,3-11,13-14,17-20,22-25H2,1-2H3,(H,37,38)/t26?,27-,28-,29-,30-,31+/m1/s1. The van der Waals surface area contributed by atoms with Crippen molar-refractivity contribution in [1.29, 1.82) is 0 Å². The minimum absolute atomic E-state index is 0.00623. The Balaban J connectivity index is 1.68. The molecule has 0 saturated heterocycles. The Morgan fingerprint density at radius 3 is 2.21 bits per heavy atom. The van der Waals surface area contributed by atoms with Crippen LogP contribution in [0.1, 0.15) is 136 Å². The Morgan fingerprint density at radius 2 is 1.63 bits per heavy atom. The Hall–Kier alpha value is -0.840. The molecule has 3 N–H and O–H groups in total. The van der Waals surface area contributed by atoms with Crippen molar-refractivity contribution in [2.45, 2.75) is 153 Å². The topological polar surface area (TPSA) is 77.8 Å². The zero-order valence-corrected chi connectivity index (χ0v) is 25.1. The molecule has 1 unspecified atom stereocenters. The van der Waals surface area contributed by atoms with E-state index in [9.17, 15) is 20.1 Å². The van der Waals surface area contributed by atoms with Crippen molar-refractivity contribution in [2.75, 3.05) is 0 Å². The Morgan fingerprint density at radius 1 is 0.974 bits per heavy atom. The minimum atomic E-state index is -0.670. The highest BCUT2D eigenvalue weighted by atomic mass is 35.5. The van der Waals surface area contributed by atoms with Gasteiger partial charge in [-0.1, -0.05) is 102 Å². The molecule has 2 aliphatic carbocycles. The molecule has 0 spiro atoms. The predicted molar refractivity (Wildman–Crippen MR) is 160 cm³/mol. The number of aliphatic hydroxyl groups is 2. The molecule has 5 heteroatoms. The number of alkyl halides is 1. The van der Waals surface area contributed by atoms with Crippen molar-refractivity contribution in [3.05, 3.63) is 24.3 Å². The average Bonchev–Trinajstić information content (AvgIpc) is 3.12. The summed E-state index contributed by atoms with van der Waals surface area (Å²) in [6, 6.07) is 0. The normalized spacial score (nSPS) is 26.7. The summed E-state index contributed by atoms with van der Waals surface area (Å²) in [5.41, 5.74) is 0.0947. The number of hydrogen-bond acceptors (Lipinski definition) is 3. The van der Waals surface area contributed by atoms with E-state index in [0.717, 1.165) is 51.4 Å². The van der Waals surface area contributed by atoms with Crippen LogP contribution in [0.2, 0.25) is 0 Å². The SMILES string of the molecule is CCCCCCCCCCCC(CCC=CC[C@@H]1[C@@H](C=CC[C@H](O)C2(CC)CCC2)[C@H](O)C[C@H]1Cl)C(=O)O. The molecule has 0 aromatic rings. The number of carboxylic acid groups (broad SMARTS) is 1. The van der Waals surface area contributed by atoms with Gasteiger partial charge in [-0.3, -0.25) is 4.79 Å². The van der Waals surface area contributed by atoms with E-state index in [1.165, 1.54) is 51.4 Å². The molecule has 0 amide bonds. The van der Waals surface area contributed by atoms with Gasteiger partial charge in [0.05, 0.1) is 18.1 Å². The molecule has 220 valence electrons. The van der Waals surface area contributed by atoms with Crippen LogP contribution in [0.5, 0.6) is 0 Å². The highest BCUT2D eigenvalue weighted by Crippen LogP contribution is 2.48. The Kier molecular flexibility index (Phi) is 16.2. The molecule has 0 aromatic heterocycles. The summed E-state index contributed by atoms with van der Waals surface area (Å²) >= 11 is 6.61. The van der Waals surface area contributed by atoms with Gasteiger partial charge >= 0.3 is 5.97 Å². The van der Waals surface area contributed by atoms with Crippen molar-refractivity contribution in [3.8, 4) is 0 Å². The molecule has 2 rings (SSSR count). The van der Waals surface area contributed by atoms with E-state index in [-0.39, 0.29) is 34.6 Å². The summed E-state index contributed by atoms with van der Waals surface area (Å²) in [6.07, 6.45) is 27.6. The zero-order chi connectivity index (χ0) is 27.8. The molecule has 2 aliphatic rings. The van der Waals surface area contributed by atoms with E-state index in [0.29, 0.717) is 19.3 Å². The summed E-state index contributed by atoms with van der Waals surface area (Å²) in [5.74, 6) is -0.761. The molecular formula is C33H57ClO4. The molecule has 0 aromatic carbocycles. The highest BCUT2D eigenvalue weighted by molar-refractivity contribution is 6.21. The van der Waals surface area contributed by atoms with Crippen molar-refractivity contribution in [3.63, 3.8) is 0 Å². The minimum Gasteiger partial charge on any atom is -0.481 e. The number of hydrogen-bond donors (Lipinski definition) is 3. The van der Waals surface area contributed by atoms with Gasteiger partial charge in [0.1, 0.15) is 0 Å². The average molecular weight is 553 g/mol. The fourth-order valence-electron chi connectivity index (χ4n) is 6.59. The first-order valence-electron chi connectivity index (χ1n) is 15.9. The summed E-state index contributed by atoms with van der Waals surface area (Å²) in [7, 11) is 0. The van der Waals surface area contributed by atoms with Crippen LogP contribution < -0.4 is 0 Å². The first-order valence-corrected chi connectivity index (χ1v) is 16.3. The van der Waals surface area contributed by atoms with Crippen LogP contribution in [0.25, 0.3) is 0 Å². The molecule has 6 atom stereocenters. The van der Waals surface area contributed by atoms with Crippen LogP contribution in [-0.4, -0.2) is 38.9 Å². The van der Waals surface area contributed by atoms with Crippen molar-refractivity contribution >= 4 is 17.6 Å². The first-order chi connectivity index (χ1) is 18.3. The lowest BCUT2D eigenvalue weighted by atomic mass is 9.63. The summed E-state index contributed by atoms with van der Waals surface area (Å²) < 4.78 is 0. The van der Waals surface area contributed by atoms with Gasteiger partial charge in [-0.25, -0.2) is 0 Å². The van der Waals surface area contributed by atoms with E-state index >= 15 is 0 Å². The van der Waals surface area contributed by atoms with E-state index in [4.69, 9.17) is 11.6 Å². The van der Waals surface area contributed by atoms with E-state index in [1.807, 2.05) is 0 Å². The summed E-state index contributed by atoms with van der Waals surface area (Å²) in [4.78, 5) is 11.7. The van der Waals surface area contributed by atoms with Crippen LogP contribution in [0.15, 0.2) is 24.3 Å². The molecule has 2 saturated carbocycles. The number of unbranched alkanes of at least 4 members (excludes halogenated alkanes) is 8. The zero-order valence-electron chi connectivity index (χ0n) is 24.3. The van der Waals surface area contributed by atoms with Crippen LogP contribution in [0, 0.1) is 23.2 Å². The van der Waals surface area contributed by atoms with Crippen LogP contribution in [0.4, 0.5) is 0 Å². The summed E-state index contributed by atoms with van der Waals surface area (Å²) in [5, 5.41) is 30.9.